The van der Waals surface area contributed by atoms with Crippen molar-refractivity contribution in [3.63, 3.8) is 0 Å². The van der Waals surface area contributed by atoms with E-state index in [1.807, 2.05) is 12.1 Å². The molecular weight excluding hydrogens is 182 g/mol. The third-order valence-electron chi connectivity index (χ3n) is 2.06. The Balaban J connectivity index is 2.56. The first kappa shape index (κ1) is 6.91. The van der Waals surface area contributed by atoms with Crippen molar-refractivity contribution in [1.29, 1.82) is 0 Å². The van der Waals surface area contributed by atoms with E-state index in [1.54, 1.807) is 0 Å². The average molecular weight is 187 g/mol. The van der Waals surface area contributed by atoms with Gasteiger partial charge in [-0.05, 0) is 28.2 Å². The first-order valence-electron chi connectivity index (χ1n) is 3.92. The monoisotopic (exact) mass is 187 g/mol. The van der Waals surface area contributed by atoms with Gasteiger partial charge in [-0.2, -0.15) is 0 Å². The molecule has 3 nitrogen and oxygen atoms in total. The van der Waals surface area contributed by atoms with E-state index in [2.05, 4.69) is 33.0 Å². The first-order chi connectivity index (χ1) is 6.45. The average Bonchev–Trinajstić information content (AvgIpc) is 2.56. The number of hydrogen-bond donors (Lipinski definition) is 0. The molecule has 1 aromatic carbocycles. The van der Waals surface area contributed by atoms with Crippen LogP contribution in [0.25, 0.3) is 21.3 Å². The van der Waals surface area contributed by atoms with Crippen molar-refractivity contribution >= 4 is 22.3 Å². The fourth-order valence-corrected chi connectivity index (χ4v) is 2.06. The first-order valence-corrected chi connectivity index (χ1v) is 4.69. The van der Waals surface area contributed by atoms with Crippen LogP contribution in [0.15, 0.2) is 30.3 Å². The molecule has 0 saturated heterocycles. The van der Waals surface area contributed by atoms with Gasteiger partial charge < -0.3 is 0 Å². The maximum atomic E-state index is 4.02. The van der Waals surface area contributed by atoms with Gasteiger partial charge in [-0.1, -0.05) is 28.8 Å². The molecule has 0 atom stereocenters. The van der Waals surface area contributed by atoms with Crippen molar-refractivity contribution < 1.29 is 0 Å². The van der Waals surface area contributed by atoms with Crippen LogP contribution in [-0.4, -0.2) is 14.8 Å². The Hall–Kier alpha value is -1.55. The maximum absolute atomic E-state index is 4.02. The maximum Gasteiger partial charge on any atom is 0.114 e. The van der Waals surface area contributed by atoms with Gasteiger partial charge in [0, 0.05) is 5.39 Å². The lowest BCUT2D eigenvalue weighted by Gasteiger charge is -1.91. The van der Waals surface area contributed by atoms with Crippen LogP contribution in [0, 0.1) is 0 Å². The summed E-state index contributed by atoms with van der Waals surface area (Å²) in [5.74, 6) is 0. The Morgan fingerprint density at radius 3 is 3.08 bits per heavy atom. The van der Waals surface area contributed by atoms with Crippen LogP contribution < -0.4 is 0 Å². The molecule has 1 aromatic rings. The zero-order valence-corrected chi connectivity index (χ0v) is 7.45. The summed E-state index contributed by atoms with van der Waals surface area (Å²) in [6, 6.07) is 10.3. The Morgan fingerprint density at radius 1 is 1.15 bits per heavy atom. The number of hydrogen-bond acceptors (Lipinski definition) is 4. The third-order valence-corrected chi connectivity index (χ3v) is 2.72. The summed E-state index contributed by atoms with van der Waals surface area (Å²) in [6.07, 6.45) is 0. The normalized spacial score (nSPS) is 11.1. The van der Waals surface area contributed by atoms with Crippen LogP contribution in [0.5, 0.6) is 0 Å². The van der Waals surface area contributed by atoms with E-state index < -0.39 is 0 Å². The summed E-state index contributed by atoms with van der Waals surface area (Å²) in [7, 11) is 0. The summed E-state index contributed by atoms with van der Waals surface area (Å²) in [6.45, 7) is 0. The van der Waals surface area contributed by atoms with Crippen LogP contribution in [0.4, 0.5) is 0 Å². The van der Waals surface area contributed by atoms with E-state index in [9.17, 15) is 0 Å². The summed E-state index contributed by atoms with van der Waals surface area (Å²) >= 11 is 1.38. The number of fused-ring (bicyclic) bond motifs is 3. The molecule has 0 saturated carbocycles. The van der Waals surface area contributed by atoms with Gasteiger partial charge in [-0.25, -0.2) is 0 Å². The van der Waals surface area contributed by atoms with E-state index in [4.69, 9.17) is 0 Å². The van der Waals surface area contributed by atoms with Crippen molar-refractivity contribution in [2.24, 2.45) is 0 Å². The highest BCUT2D eigenvalue weighted by Crippen LogP contribution is 2.32. The van der Waals surface area contributed by atoms with E-state index >= 15 is 0 Å². The molecule has 4 heteroatoms. The minimum Gasteiger partial charge on any atom is -0.128 e. The second kappa shape index (κ2) is 2.47. The fraction of sp³-hybridized carbons (Fsp3) is 0. The molecule has 0 fully saturated rings. The molecule has 3 rings (SSSR count). The van der Waals surface area contributed by atoms with Crippen molar-refractivity contribution in [3.05, 3.63) is 30.3 Å². The van der Waals surface area contributed by atoms with Gasteiger partial charge in [0.25, 0.3) is 0 Å². The lowest BCUT2D eigenvalue weighted by molar-refractivity contribution is 0.931. The van der Waals surface area contributed by atoms with Gasteiger partial charge >= 0.3 is 0 Å². The van der Waals surface area contributed by atoms with E-state index in [1.165, 1.54) is 16.9 Å². The van der Waals surface area contributed by atoms with Crippen molar-refractivity contribution in [2.45, 2.75) is 0 Å². The SMILES string of the molecule is c1ccc2c3nnnsc-3cc2c1. The molecule has 2 aliphatic rings. The van der Waals surface area contributed by atoms with Crippen LogP contribution in [0.1, 0.15) is 0 Å². The quantitative estimate of drug-likeness (QED) is 0.541. The van der Waals surface area contributed by atoms with Gasteiger partial charge in [0.05, 0.1) is 4.88 Å². The molecule has 0 unspecified atom stereocenters. The minimum atomic E-state index is 0.954. The van der Waals surface area contributed by atoms with Gasteiger partial charge in [-0.15, -0.1) is 5.10 Å². The molecule has 0 amide bonds. The highest BCUT2D eigenvalue weighted by molar-refractivity contribution is 7.09. The van der Waals surface area contributed by atoms with Crippen LogP contribution in [-0.2, 0) is 0 Å². The van der Waals surface area contributed by atoms with Crippen LogP contribution in [0.3, 0.4) is 0 Å². The molecule has 0 radical (unpaired) electrons. The Bertz CT molecular complexity index is 531. The fourth-order valence-electron chi connectivity index (χ4n) is 1.48. The van der Waals surface area contributed by atoms with Crippen LogP contribution in [0.2, 0.25) is 0 Å². The molecule has 1 aliphatic heterocycles. The van der Waals surface area contributed by atoms with Gasteiger partial charge in [0.1, 0.15) is 5.69 Å². The standard InChI is InChI=1S/C9H5N3S/c1-2-4-7-6(3-1)5-8-9(7)10-11-12-13-8/h1-5H. The number of rotatable bonds is 0. The molecule has 1 aliphatic carbocycles. The molecule has 0 N–H and O–H groups in total. The second-order valence-corrected chi connectivity index (χ2v) is 3.59. The smallest absolute Gasteiger partial charge is 0.114 e. The molecular formula is C9H5N3S. The zero-order chi connectivity index (χ0) is 8.67. The van der Waals surface area contributed by atoms with Crippen molar-refractivity contribution in [2.75, 3.05) is 0 Å². The number of nitrogens with zero attached hydrogens (tertiary/aromatic N) is 3. The third kappa shape index (κ3) is 0.922. The van der Waals surface area contributed by atoms with Gasteiger partial charge in [0.15, 0.2) is 0 Å². The second-order valence-electron chi connectivity index (χ2n) is 2.81. The zero-order valence-electron chi connectivity index (χ0n) is 6.64. The highest BCUT2D eigenvalue weighted by atomic mass is 32.1. The molecule has 62 valence electrons. The summed E-state index contributed by atoms with van der Waals surface area (Å²) in [4.78, 5) is 1.09. The Kier molecular flexibility index (Phi) is 1.31. The Morgan fingerprint density at radius 2 is 2.08 bits per heavy atom. The summed E-state index contributed by atoms with van der Waals surface area (Å²) in [5.41, 5.74) is 0.954. The number of aromatic nitrogens is 3. The van der Waals surface area contributed by atoms with Crippen molar-refractivity contribution in [1.82, 2.24) is 14.8 Å². The summed E-state index contributed by atoms with van der Waals surface area (Å²) in [5, 5.41) is 10.0. The number of benzene rings is 1. The van der Waals surface area contributed by atoms with E-state index in [-0.39, 0.29) is 0 Å². The largest absolute Gasteiger partial charge is 0.128 e. The topological polar surface area (TPSA) is 38.7 Å². The minimum absolute atomic E-state index is 0.954. The van der Waals surface area contributed by atoms with E-state index in [0.717, 1.165) is 16.0 Å². The molecule has 1 heterocycles. The lowest BCUT2D eigenvalue weighted by Crippen LogP contribution is -1.85. The van der Waals surface area contributed by atoms with E-state index in [0.29, 0.717) is 0 Å². The predicted molar refractivity (Wildman–Crippen MR) is 51.8 cm³/mol. The highest BCUT2D eigenvalue weighted by Gasteiger charge is 2.11. The van der Waals surface area contributed by atoms with Crippen LogP contribution >= 0.6 is 11.5 Å². The molecule has 0 aromatic heterocycles. The molecule has 13 heavy (non-hydrogen) atoms. The Labute approximate surface area is 78.5 Å². The lowest BCUT2D eigenvalue weighted by atomic mass is 10.2. The summed E-state index contributed by atoms with van der Waals surface area (Å²) < 4.78 is 3.79. The predicted octanol–water partition coefficient (Wildman–Crippen LogP) is 2.19. The molecule has 0 spiro atoms. The van der Waals surface area contributed by atoms with Gasteiger partial charge in [-0.3, -0.25) is 0 Å². The van der Waals surface area contributed by atoms with Crippen molar-refractivity contribution in [3.8, 4) is 10.6 Å². The molecule has 0 bridgehead atoms. The van der Waals surface area contributed by atoms with Gasteiger partial charge in [0.2, 0.25) is 0 Å².